The van der Waals surface area contributed by atoms with E-state index in [1.165, 1.54) is 0 Å². The number of nitrogens with one attached hydrogen (secondary N) is 1. The third-order valence-electron chi connectivity index (χ3n) is 3.53. The Morgan fingerprint density at radius 2 is 2.09 bits per heavy atom. The smallest absolute Gasteiger partial charge is 0.259 e. The van der Waals surface area contributed by atoms with Gasteiger partial charge in [-0.05, 0) is 36.6 Å². The van der Waals surface area contributed by atoms with E-state index in [0.717, 1.165) is 42.5 Å². The maximum absolute atomic E-state index is 12.1. The molecule has 6 nitrogen and oxygen atoms in total. The van der Waals surface area contributed by atoms with Gasteiger partial charge in [0.05, 0.1) is 5.56 Å². The summed E-state index contributed by atoms with van der Waals surface area (Å²) in [6, 6.07) is 5.41. The van der Waals surface area contributed by atoms with E-state index in [1.807, 2.05) is 12.1 Å². The summed E-state index contributed by atoms with van der Waals surface area (Å²) in [6.07, 6.45) is 7.36. The van der Waals surface area contributed by atoms with Crippen molar-refractivity contribution in [1.29, 1.82) is 0 Å². The van der Waals surface area contributed by atoms with E-state index in [0.29, 0.717) is 0 Å². The highest BCUT2D eigenvalue weighted by Crippen LogP contribution is 2.23. The number of nitrogens with two attached hydrogens (primary N) is 1. The van der Waals surface area contributed by atoms with Crippen molar-refractivity contribution in [1.82, 2.24) is 9.97 Å². The summed E-state index contributed by atoms with van der Waals surface area (Å²) in [7, 11) is 0. The molecular formula is C16H20N4O2. The molecule has 0 atom stereocenters. The van der Waals surface area contributed by atoms with Gasteiger partial charge in [0.15, 0.2) is 5.84 Å². The molecule has 0 bridgehead atoms. The van der Waals surface area contributed by atoms with E-state index in [2.05, 4.69) is 22.0 Å². The first-order valence-electron chi connectivity index (χ1n) is 7.31. The number of nitrogens with zero attached hydrogens (tertiary/aromatic N) is 2. The number of aromatic amines is 1. The van der Waals surface area contributed by atoms with Crippen LogP contribution in [0, 0.1) is 0 Å². The summed E-state index contributed by atoms with van der Waals surface area (Å²) >= 11 is 0. The van der Waals surface area contributed by atoms with Gasteiger partial charge in [-0.2, -0.15) is 0 Å². The van der Waals surface area contributed by atoms with Crippen LogP contribution in [0.4, 0.5) is 0 Å². The molecule has 22 heavy (non-hydrogen) atoms. The highest BCUT2D eigenvalue weighted by atomic mass is 16.4. The quantitative estimate of drug-likeness (QED) is 0.250. The molecular weight excluding hydrogens is 280 g/mol. The van der Waals surface area contributed by atoms with Crippen molar-refractivity contribution in [3.8, 4) is 11.1 Å². The van der Waals surface area contributed by atoms with Crippen molar-refractivity contribution in [2.75, 3.05) is 0 Å². The number of amidine groups is 1. The van der Waals surface area contributed by atoms with Gasteiger partial charge in [0.1, 0.15) is 0 Å². The van der Waals surface area contributed by atoms with Crippen LogP contribution in [0.15, 0.2) is 40.5 Å². The SMILES string of the molecule is CCCCCc1[nH]c(=O)c(/C(N)=N/O)cc1-c1ccncc1. The minimum Gasteiger partial charge on any atom is -0.409 e. The molecule has 116 valence electrons. The van der Waals surface area contributed by atoms with Crippen molar-refractivity contribution < 1.29 is 5.21 Å². The molecule has 2 rings (SSSR count). The van der Waals surface area contributed by atoms with Gasteiger partial charge in [0, 0.05) is 23.7 Å². The fourth-order valence-electron chi connectivity index (χ4n) is 2.35. The van der Waals surface area contributed by atoms with Crippen LogP contribution < -0.4 is 11.3 Å². The molecule has 2 aromatic heterocycles. The number of pyridine rings is 2. The Hall–Kier alpha value is -2.63. The van der Waals surface area contributed by atoms with Gasteiger partial charge in [0.25, 0.3) is 5.56 Å². The number of H-pyrrole nitrogens is 1. The first kappa shape index (κ1) is 15.8. The Kier molecular flexibility index (Phi) is 5.30. The molecule has 2 aromatic rings. The molecule has 0 amide bonds. The normalized spacial score (nSPS) is 11.6. The van der Waals surface area contributed by atoms with Gasteiger partial charge in [0.2, 0.25) is 0 Å². The van der Waals surface area contributed by atoms with Gasteiger partial charge in [-0.15, -0.1) is 0 Å². The average molecular weight is 300 g/mol. The summed E-state index contributed by atoms with van der Waals surface area (Å²) in [5.74, 6) is -0.198. The summed E-state index contributed by atoms with van der Waals surface area (Å²) in [4.78, 5) is 19.0. The monoisotopic (exact) mass is 300 g/mol. The van der Waals surface area contributed by atoms with E-state index < -0.39 is 0 Å². The molecule has 0 saturated heterocycles. The third kappa shape index (κ3) is 3.52. The van der Waals surface area contributed by atoms with Gasteiger partial charge in [-0.1, -0.05) is 24.9 Å². The minimum atomic E-state index is -0.348. The summed E-state index contributed by atoms with van der Waals surface area (Å²) in [5, 5.41) is 11.7. The van der Waals surface area contributed by atoms with Crippen LogP contribution in [-0.4, -0.2) is 21.0 Å². The molecule has 0 aliphatic carbocycles. The Bertz CT molecular complexity index is 708. The van der Waals surface area contributed by atoms with Crippen LogP contribution in [0.5, 0.6) is 0 Å². The zero-order valence-electron chi connectivity index (χ0n) is 12.5. The predicted molar refractivity (Wildman–Crippen MR) is 86.0 cm³/mol. The van der Waals surface area contributed by atoms with Crippen molar-refractivity contribution in [2.24, 2.45) is 10.9 Å². The molecule has 0 aliphatic heterocycles. The number of unbranched alkanes of at least 4 members (excludes halogenated alkanes) is 2. The van der Waals surface area contributed by atoms with E-state index in [1.54, 1.807) is 18.5 Å². The minimum absolute atomic E-state index is 0.161. The standard InChI is InChI=1S/C16H20N4O2/c1-2-3-4-5-14-12(11-6-8-18-9-7-11)10-13(15(17)20-22)16(21)19-14/h6-10,22H,2-5H2,1H3,(H2,17,20)(H,19,21). The number of hydrogen-bond donors (Lipinski definition) is 3. The summed E-state index contributed by atoms with van der Waals surface area (Å²) in [6.45, 7) is 2.13. The molecule has 6 heteroatoms. The Balaban J connectivity index is 2.52. The van der Waals surface area contributed by atoms with Crippen LogP contribution in [0.25, 0.3) is 11.1 Å². The lowest BCUT2D eigenvalue weighted by Crippen LogP contribution is -2.25. The molecule has 0 unspecified atom stereocenters. The highest BCUT2D eigenvalue weighted by molar-refractivity contribution is 5.97. The van der Waals surface area contributed by atoms with Crippen molar-refractivity contribution >= 4 is 5.84 Å². The largest absolute Gasteiger partial charge is 0.409 e. The van der Waals surface area contributed by atoms with Crippen molar-refractivity contribution in [3.63, 3.8) is 0 Å². The third-order valence-corrected chi connectivity index (χ3v) is 3.53. The molecule has 2 heterocycles. The first-order chi connectivity index (χ1) is 10.7. The molecule has 0 spiro atoms. The lowest BCUT2D eigenvalue weighted by atomic mass is 9.99. The van der Waals surface area contributed by atoms with Crippen molar-refractivity contribution in [3.05, 3.63) is 52.2 Å². The van der Waals surface area contributed by atoms with E-state index in [9.17, 15) is 4.79 Å². The topological polar surface area (TPSA) is 104 Å². The van der Waals surface area contributed by atoms with Crippen LogP contribution in [-0.2, 0) is 6.42 Å². The number of aryl methyl sites for hydroxylation is 1. The number of rotatable bonds is 6. The molecule has 0 aliphatic rings. The van der Waals surface area contributed by atoms with E-state index in [4.69, 9.17) is 10.9 Å². The lowest BCUT2D eigenvalue weighted by Gasteiger charge is -2.11. The van der Waals surface area contributed by atoms with Gasteiger partial charge < -0.3 is 15.9 Å². The zero-order valence-corrected chi connectivity index (χ0v) is 12.5. The molecule has 0 radical (unpaired) electrons. The zero-order chi connectivity index (χ0) is 15.9. The highest BCUT2D eigenvalue weighted by Gasteiger charge is 2.13. The van der Waals surface area contributed by atoms with Crippen molar-refractivity contribution in [2.45, 2.75) is 32.6 Å². The van der Waals surface area contributed by atoms with Crippen LogP contribution in [0.1, 0.15) is 37.4 Å². The summed E-state index contributed by atoms with van der Waals surface area (Å²) in [5.41, 5.74) is 8.06. The Morgan fingerprint density at radius 1 is 1.36 bits per heavy atom. The van der Waals surface area contributed by atoms with Gasteiger partial charge in [-0.3, -0.25) is 9.78 Å². The molecule has 0 fully saturated rings. The summed E-state index contributed by atoms with van der Waals surface area (Å²) < 4.78 is 0. The second-order valence-electron chi connectivity index (χ2n) is 5.08. The maximum Gasteiger partial charge on any atom is 0.259 e. The fraction of sp³-hybridized carbons (Fsp3) is 0.312. The second kappa shape index (κ2) is 7.40. The number of oxime groups is 1. The first-order valence-corrected chi connectivity index (χ1v) is 7.31. The van der Waals surface area contributed by atoms with Crippen LogP contribution >= 0.6 is 0 Å². The second-order valence-corrected chi connectivity index (χ2v) is 5.08. The van der Waals surface area contributed by atoms with Crippen LogP contribution in [0.3, 0.4) is 0 Å². The lowest BCUT2D eigenvalue weighted by molar-refractivity contribution is 0.318. The Morgan fingerprint density at radius 3 is 2.73 bits per heavy atom. The molecule has 0 saturated carbocycles. The maximum atomic E-state index is 12.1. The molecule has 4 N–H and O–H groups in total. The number of aromatic nitrogens is 2. The van der Waals surface area contributed by atoms with E-state index in [-0.39, 0.29) is 17.0 Å². The molecule has 0 aromatic carbocycles. The van der Waals surface area contributed by atoms with Gasteiger partial charge >= 0.3 is 0 Å². The van der Waals surface area contributed by atoms with E-state index >= 15 is 0 Å². The number of hydrogen-bond acceptors (Lipinski definition) is 4. The predicted octanol–water partition coefficient (Wildman–Crippen LogP) is 2.26. The Labute approximate surface area is 128 Å². The van der Waals surface area contributed by atoms with Gasteiger partial charge in [-0.25, -0.2) is 0 Å². The average Bonchev–Trinajstić information content (AvgIpc) is 2.55. The van der Waals surface area contributed by atoms with Crippen LogP contribution in [0.2, 0.25) is 0 Å². The fourth-order valence-corrected chi connectivity index (χ4v) is 2.35.